The molecule has 1 aromatic carbocycles. The first kappa shape index (κ1) is 26.2. The zero-order valence-electron chi connectivity index (χ0n) is 19.2. The molecule has 1 fully saturated rings. The third kappa shape index (κ3) is 5.99. The van der Waals surface area contributed by atoms with Gasteiger partial charge in [0.2, 0.25) is 11.5 Å². The summed E-state index contributed by atoms with van der Waals surface area (Å²) in [7, 11) is 1.18. The van der Waals surface area contributed by atoms with Crippen LogP contribution in [0.25, 0.3) is 6.08 Å². The highest BCUT2D eigenvalue weighted by molar-refractivity contribution is 6.32. The summed E-state index contributed by atoms with van der Waals surface area (Å²) in [6, 6.07) is 4.31. The van der Waals surface area contributed by atoms with Crippen molar-refractivity contribution in [3.05, 3.63) is 62.2 Å². The lowest BCUT2D eigenvalue weighted by atomic mass is 10.1. The van der Waals surface area contributed by atoms with E-state index in [-0.39, 0.29) is 40.1 Å². The van der Waals surface area contributed by atoms with Crippen LogP contribution < -0.4 is 10.1 Å². The molecule has 190 valence electrons. The molecule has 14 heteroatoms. The quantitative estimate of drug-likeness (QED) is 0.170. The summed E-state index contributed by atoms with van der Waals surface area (Å²) in [5.41, 5.74) is -0.633. The van der Waals surface area contributed by atoms with Crippen molar-refractivity contribution < 1.29 is 42.7 Å². The number of furan rings is 1. The van der Waals surface area contributed by atoms with Crippen LogP contribution >= 0.6 is 11.6 Å². The number of rotatable bonds is 9. The second-order valence-corrected chi connectivity index (χ2v) is 7.98. The minimum atomic E-state index is -0.772. The molecular formula is C22H20ClN3O10. The van der Waals surface area contributed by atoms with Crippen molar-refractivity contribution in [2.24, 2.45) is 0 Å². The number of nitro benzene ring substituents is 1. The lowest BCUT2D eigenvalue weighted by Gasteiger charge is -2.11. The maximum absolute atomic E-state index is 12.8. The number of hydrogen-bond donors (Lipinski definition) is 1. The van der Waals surface area contributed by atoms with Crippen LogP contribution in [0.5, 0.6) is 5.75 Å². The van der Waals surface area contributed by atoms with Gasteiger partial charge in [-0.15, -0.1) is 0 Å². The molecule has 3 amide bonds. The lowest BCUT2D eigenvalue weighted by molar-refractivity contribution is -0.385. The van der Waals surface area contributed by atoms with Crippen LogP contribution in [0.15, 0.2) is 34.4 Å². The first-order valence-corrected chi connectivity index (χ1v) is 10.7. The van der Waals surface area contributed by atoms with Gasteiger partial charge < -0.3 is 23.9 Å². The highest BCUT2D eigenvalue weighted by Gasteiger charge is 2.34. The van der Waals surface area contributed by atoms with E-state index in [4.69, 9.17) is 25.5 Å². The zero-order valence-corrected chi connectivity index (χ0v) is 20.0. The molecule has 36 heavy (non-hydrogen) atoms. The highest BCUT2D eigenvalue weighted by Crippen LogP contribution is 2.37. The van der Waals surface area contributed by atoms with E-state index in [0.29, 0.717) is 0 Å². The molecule has 1 N–H and O–H groups in total. The second kappa shape index (κ2) is 10.9. The summed E-state index contributed by atoms with van der Waals surface area (Å²) in [5, 5.41) is 13.7. The number of nitrogens with one attached hydrogen (secondary N) is 1. The van der Waals surface area contributed by atoms with Crippen LogP contribution in [0.3, 0.4) is 0 Å². The van der Waals surface area contributed by atoms with Gasteiger partial charge in [-0.1, -0.05) is 11.6 Å². The van der Waals surface area contributed by atoms with Gasteiger partial charge in [-0.2, -0.15) is 0 Å². The van der Waals surface area contributed by atoms with Crippen molar-refractivity contribution in [3.63, 3.8) is 0 Å². The maximum Gasteiger partial charge on any atom is 0.373 e. The van der Waals surface area contributed by atoms with Crippen LogP contribution in [0.1, 0.15) is 35.7 Å². The average molecular weight is 522 g/mol. The average Bonchev–Trinajstić information content (AvgIpc) is 3.37. The molecule has 1 aliphatic heterocycles. The number of nitrogens with zero attached hydrogens (tertiary/aromatic N) is 2. The number of nitro groups is 1. The van der Waals surface area contributed by atoms with Gasteiger partial charge in [-0.3, -0.25) is 19.8 Å². The fourth-order valence-corrected chi connectivity index (χ4v) is 3.38. The highest BCUT2D eigenvalue weighted by atomic mass is 35.5. The van der Waals surface area contributed by atoms with Gasteiger partial charge in [0.1, 0.15) is 11.5 Å². The molecular weight excluding hydrogens is 502 g/mol. The molecule has 0 spiro atoms. The van der Waals surface area contributed by atoms with E-state index in [9.17, 15) is 29.3 Å². The molecule has 0 saturated carbocycles. The number of benzene rings is 1. The second-order valence-electron chi connectivity index (χ2n) is 7.57. The lowest BCUT2D eigenvalue weighted by Crippen LogP contribution is -2.30. The molecule has 0 unspecified atom stereocenters. The minimum Gasteiger partial charge on any atom is -0.474 e. The van der Waals surface area contributed by atoms with Crippen molar-refractivity contribution in [1.29, 1.82) is 0 Å². The van der Waals surface area contributed by atoms with Crippen LogP contribution in [0.4, 0.5) is 10.5 Å². The number of ether oxygens (including phenoxy) is 3. The SMILES string of the molecule is COC(=O)c1ccc(CN2C(=O)N/C(=C\c3cc(Cl)c(OCC(=O)OC(C)C)c([N+](=O)[O-])c3)C2=O)o1. The van der Waals surface area contributed by atoms with Crippen molar-refractivity contribution in [2.75, 3.05) is 13.7 Å². The first-order chi connectivity index (χ1) is 17.0. The fraction of sp³-hybridized carbons (Fsp3) is 0.273. The van der Waals surface area contributed by atoms with Gasteiger partial charge in [0.25, 0.3) is 5.91 Å². The Kier molecular flexibility index (Phi) is 7.94. The van der Waals surface area contributed by atoms with Crippen molar-refractivity contribution in [1.82, 2.24) is 10.2 Å². The smallest absolute Gasteiger partial charge is 0.373 e. The first-order valence-electron chi connectivity index (χ1n) is 10.3. The van der Waals surface area contributed by atoms with E-state index in [2.05, 4.69) is 10.1 Å². The molecule has 0 radical (unpaired) electrons. The molecule has 1 aliphatic rings. The largest absolute Gasteiger partial charge is 0.474 e. The maximum atomic E-state index is 12.8. The van der Waals surface area contributed by atoms with Gasteiger partial charge in [-0.25, -0.2) is 14.4 Å². The molecule has 1 saturated heterocycles. The monoisotopic (exact) mass is 521 g/mol. The van der Waals surface area contributed by atoms with Crippen LogP contribution in [0, 0.1) is 10.1 Å². The summed E-state index contributed by atoms with van der Waals surface area (Å²) < 4.78 is 19.9. The fourth-order valence-electron chi connectivity index (χ4n) is 3.10. The number of hydrogen-bond acceptors (Lipinski definition) is 10. The molecule has 1 aromatic heterocycles. The van der Waals surface area contributed by atoms with Crippen LogP contribution in [0.2, 0.25) is 5.02 Å². The number of urea groups is 1. The van der Waals surface area contributed by atoms with Gasteiger partial charge in [0.15, 0.2) is 6.61 Å². The minimum absolute atomic E-state index is 0.1000. The molecule has 0 aliphatic carbocycles. The summed E-state index contributed by atoms with van der Waals surface area (Å²) in [6.45, 7) is 2.38. The van der Waals surface area contributed by atoms with Crippen molar-refractivity contribution in [2.45, 2.75) is 26.5 Å². The third-order valence-corrected chi connectivity index (χ3v) is 4.86. The number of carbonyl (C=O) groups is 4. The van der Waals surface area contributed by atoms with Gasteiger partial charge in [0, 0.05) is 6.07 Å². The van der Waals surface area contributed by atoms with Gasteiger partial charge >= 0.3 is 23.7 Å². The van der Waals surface area contributed by atoms with E-state index < -0.39 is 47.2 Å². The molecule has 0 atom stereocenters. The third-order valence-electron chi connectivity index (χ3n) is 4.58. The summed E-state index contributed by atoms with van der Waals surface area (Å²) in [5.74, 6) is -2.51. The van der Waals surface area contributed by atoms with E-state index in [0.717, 1.165) is 11.0 Å². The number of imide groups is 1. The Balaban J connectivity index is 1.81. The Morgan fingerprint density at radius 1 is 1.28 bits per heavy atom. The predicted octanol–water partition coefficient (Wildman–Crippen LogP) is 3.05. The molecule has 13 nitrogen and oxygen atoms in total. The van der Waals surface area contributed by atoms with Gasteiger partial charge in [-0.05, 0) is 43.7 Å². The number of esters is 2. The van der Waals surface area contributed by atoms with E-state index >= 15 is 0 Å². The number of methoxy groups -OCH3 is 1. The van der Waals surface area contributed by atoms with Crippen LogP contribution in [-0.4, -0.2) is 53.5 Å². The number of carbonyl (C=O) groups excluding carboxylic acids is 4. The van der Waals surface area contributed by atoms with E-state index in [1.54, 1.807) is 13.8 Å². The predicted molar refractivity (Wildman–Crippen MR) is 122 cm³/mol. The molecule has 2 aromatic rings. The van der Waals surface area contributed by atoms with Crippen molar-refractivity contribution >= 4 is 47.2 Å². The number of amides is 3. The molecule has 0 bridgehead atoms. The Labute approximate surface area is 208 Å². The molecule has 2 heterocycles. The Bertz CT molecular complexity index is 1270. The summed E-state index contributed by atoms with van der Waals surface area (Å²) in [6.07, 6.45) is 0.791. The summed E-state index contributed by atoms with van der Waals surface area (Å²) >= 11 is 6.15. The Morgan fingerprint density at radius 3 is 2.64 bits per heavy atom. The zero-order chi connectivity index (χ0) is 26.6. The van der Waals surface area contributed by atoms with E-state index in [1.807, 2.05) is 0 Å². The van der Waals surface area contributed by atoms with Gasteiger partial charge in [0.05, 0.1) is 29.7 Å². The Morgan fingerprint density at radius 2 is 2.00 bits per heavy atom. The summed E-state index contributed by atoms with van der Waals surface area (Å²) in [4.78, 5) is 59.9. The van der Waals surface area contributed by atoms with E-state index in [1.165, 1.54) is 31.4 Å². The van der Waals surface area contributed by atoms with Crippen LogP contribution in [-0.2, 0) is 25.6 Å². The van der Waals surface area contributed by atoms with Crippen molar-refractivity contribution in [3.8, 4) is 5.75 Å². The topological polar surface area (TPSA) is 168 Å². The normalized spacial score (nSPS) is 14.2. The number of halogens is 1. The molecule has 3 rings (SSSR count). The Hall–Kier alpha value is -4.39. The standard InChI is InChI=1S/C22H20ClN3O10/c1-11(2)35-18(27)10-34-19-14(23)6-12(8-16(19)26(31)32)7-15-20(28)25(22(30)24-15)9-13-4-5-17(36-13)21(29)33-3/h4-8,11H,9-10H2,1-3H3,(H,24,30)/b15-7-.